The molecule has 0 aliphatic carbocycles. The first-order chi connectivity index (χ1) is 16.1. The summed E-state index contributed by atoms with van der Waals surface area (Å²) in [6, 6.07) is 17.1. The van der Waals surface area contributed by atoms with Crippen molar-refractivity contribution < 1.29 is 18.7 Å². The van der Waals surface area contributed by atoms with Crippen molar-refractivity contribution in [3.05, 3.63) is 102 Å². The molecule has 0 spiro atoms. The molecule has 0 radical (unpaired) electrons. The third kappa shape index (κ3) is 5.15. The van der Waals surface area contributed by atoms with E-state index in [1.54, 1.807) is 31.6 Å². The normalized spacial score (nSPS) is 14.5. The zero-order valence-corrected chi connectivity index (χ0v) is 19.1. The summed E-state index contributed by atoms with van der Waals surface area (Å²) >= 11 is 5.34. The van der Waals surface area contributed by atoms with Crippen LogP contribution in [0.5, 0.6) is 11.5 Å². The molecule has 1 fully saturated rings. The number of furan rings is 1. The van der Waals surface area contributed by atoms with Crippen molar-refractivity contribution in [2.45, 2.75) is 19.6 Å². The Morgan fingerprint density at radius 1 is 1.12 bits per heavy atom. The fourth-order valence-electron chi connectivity index (χ4n) is 3.57. The molecule has 168 valence electrons. The predicted molar refractivity (Wildman–Crippen MR) is 131 cm³/mol. The summed E-state index contributed by atoms with van der Waals surface area (Å²) in [6.07, 6.45) is 5.91. The molecule has 2 aromatic carbocycles. The molecule has 0 saturated carbocycles. The number of allylic oxidation sites excluding steroid dienone is 1. The van der Waals surface area contributed by atoms with Crippen LogP contribution in [0.15, 0.2) is 83.6 Å². The molecule has 1 aliphatic rings. The largest absolute Gasteiger partial charge is 0.496 e. The first-order valence-corrected chi connectivity index (χ1v) is 10.9. The summed E-state index contributed by atoms with van der Waals surface area (Å²) in [6.45, 7) is 4.40. The maximum absolute atomic E-state index is 12.9. The van der Waals surface area contributed by atoms with E-state index in [2.05, 4.69) is 11.9 Å². The van der Waals surface area contributed by atoms with Gasteiger partial charge in [-0.05, 0) is 66.2 Å². The Morgan fingerprint density at radius 3 is 2.73 bits per heavy atom. The number of nitrogens with one attached hydrogen (secondary N) is 1. The third-order valence-corrected chi connectivity index (χ3v) is 5.51. The van der Waals surface area contributed by atoms with E-state index in [4.69, 9.17) is 26.1 Å². The van der Waals surface area contributed by atoms with Crippen molar-refractivity contribution in [2.75, 3.05) is 7.11 Å². The van der Waals surface area contributed by atoms with Crippen molar-refractivity contribution >= 4 is 29.3 Å². The summed E-state index contributed by atoms with van der Waals surface area (Å²) in [5.41, 5.74) is 3.16. The SMILES string of the molecule is C=CCc1ccccc1OCc1cc(/C=C2/NC(=S)N(Cc3ccco3)C2=O)ccc1OC. The lowest BCUT2D eigenvalue weighted by Gasteiger charge is -2.13. The number of rotatable bonds is 9. The molecule has 0 atom stereocenters. The maximum Gasteiger partial charge on any atom is 0.276 e. The van der Waals surface area contributed by atoms with Gasteiger partial charge in [0, 0.05) is 5.56 Å². The van der Waals surface area contributed by atoms with Gasteiger partial charge in [-0.25, -0.2) is 0 Å². The minimum atomic E-state index is -0.205. The number of amides is 1. The maximum atomic E-state index is 12.9. The van der Waals surface area contributed by atoms with E-state index >= 15 is 0 Å². The smallest absolute Gasteiger partial charge is 0.276 e. The van der Waals surface area contributed by atoms with Crippen LogP contribution in [0.25, 0.3) is 6.08 Å². The number of hydrogen-bond donors (Lipinski definition) is 1. The Hall–Kier alpha value is -3.84. The Morgan fingerprint density at radius 2 is 1.97 bits per heavy atom. The van der Waals surface area contributed by atoms with Gasteiger partial charge in [0.2, 0.25) is 0 Å². The lowest BCUT2D eigenvalue weighted by atomic mass is 10.1. The van der Waals surface area contributed by atoms with E-state index in [0.29, 0.717) is 28.9 Å². The van der Waals surface area contributed by atoms with Crippen molar-refractivity contribution in [1.82, 2.24) is 10.2 Å². The van der Waals surface area contributed by atoms with E-state index < -0.39 is 0 Å². The van der Waals surface area contributed by atoms with Gasteiger partial charge in [0.1, 0.15) is 29.6 Å². The predicted octanol–water partition coefficient (Wildman–Crippen LogP) is 4.85. The van der Waals surface area contributed by atoms with Gasteiger partial charge >= 0.3 is 0 Å². The van der Waals surface area contributed by atoms with E-state index in [-0.39, 0.29) is 12.5 Å². The lowest BCUT2D eigenvalue weighted by Crippen LogP contribution is -2.29. The molecule has 0 unspecified atom stereocenters. The topological polar surface area (TPSA) is 63.9 Å². The summed E-state index contributed by atoms with van der Waals surface area (Å²) in [4.78, 5) is 14.3. The van der Waals surface area contributed by atoms with E-state index in [1.165, 1.54) is 4.90 Å². The van der Waals surface area contributed by atoms with Crippen LogP contribution in [0.3, 0.4) is 0 Å². The number of para-hydroxylation sites is 1. The monoisotopic (exact) mass is 460 g/mol. The highest BCUT2D eigenvalue weighted by molar-refractivity contribution is 7.80. The zero-order valence-electron chi connectivity index (χ0n) is 18.2. The molecule has 1 N–H and O–H groups in total. The van der Waals surface area contributed by atoms with E-state index in [0.717, 1.165) is 28.9 Å². The first-order valence-electron chi connectivity index (χ1n) is 10.4. The molecule has 6 nitrogen and oxygen atoms in total. The number of ether oxygens (including phenoxy) is 2. The molecule has 33 heavy (non-hydrogen) atoms. The van der Waals surface area contributed by atoms with Crippen LogP contribution in [0.2, 0.25) is 0 Å². The number of methoxy groups -OCH3 is 1. The van der Waals surface area contributed by atoms with Crippen molar-refractivity contribution in [2.24, 2.45) is 0 Å². The van der Waals surface area contributed by atoms with Crippen LogP contribution < -0.4 is 14.8 Å². The molecule has 4 rings (SSSR count). The minimum absolute atomic E-state index is 0.205. The number of hydrogen-bond acceptors (Lipinski definition) is 5. The number of benzene rings is 2. The standard InChI is InChI=1S/C26H24N2O4S/c1-3-7-19-8-4-5-10-24(19)32-17-20-14-18(11-12-23(20)30-2)15-22-25(29)28(26(33)27-22)16-21-9-6-13-31-21/h3-6,8-15H,1,7,16-17H2,2H3,(H,27,33)/b22-15+. The van der Waals surface area contributed by atoms with Gasteiger partial charge in [-0.15, -0.1) is 6.58 Å². The highest BCUT2D eigenvalue weighted by Crippen LogP contribution is 2.26. The molecule has 0 bridgehead atoms. The number of carbonyl (C=O) groups is 1. The van der Waals surface area contributed by atoms with Gasteiger partial charge in [0.25, 0.3) is 5.91 Å². The van der Waals surface area contributed by atoms with Gasteiger partial charge < -0.3 is 19.2 Å². The number of nitrogens with zero attached hydrogens (tertiary/aromatic N) is 1. The second-order valence-corrected chi connectivity index (χ2v) is 7.81. The lowest BCUT2D eigenvalue weighted by molar-refractivity contribution is -0.122. The van der Waals surface area contributed by atoms with Crippen LogP contribution in [-0.4, -0.2) is 23.0 Å². The molecule has 1 aromatic heterocycles. The summed E-state index contributed by atoms with van der Waals surface area (Å²) in [5.74, 6) is 1.96. The molecular formula is C26H24N2O4S. The summed E-state index contributed by atoms with van der Waals surface area (Å²) in [5, 5.41) is 3.34. The van der Waals surface area contributed by atoms with Gasteiger partial charge in [0.15, 0.2) is 5.11 Å². The fraction of sp³-hybridized carbons (Fsp3) is 0.154. The number of thiocarbonyl (C=S) groups is 1. The highest BCUT2D eigenvalue weighted by atomic mass is 32.1. The molecule has 2 heterocycles. The molecular weight excluding hydrogens is 436 g/mol. The summed E-state index contributed by atoms with van der Waals surface area (Å²) < 4.78 is 16.9. The van der Waals surface area contributed by atoms with Crippen molar-refractivity contribution in [3.8, 4) is 11.5 Å². The van der Waals surface area contributed by atoms with Crippen LogP contribution in [0, 0.1) is 0 Å². The Bertz CT molecular complexity index is 1200. The second-order valence-electron chi connectivity index (χ2n) is 7.42. The summed E-state index contributed by atoms with van der Waals surface area (Å²) in [7, 11) is 1.62. The van der Waals surface area contributed by atoms with Gasteiger partial charge in [-0.3, -0.25) is 9.69 Å². The molecule has 1 amide bonds. The van der Waals surface area contributed by atoms with Gasteiger partial charge in [-0.1, -0.05) is 30.3 Å². The third-order valence-electron chi connectivity index (χ3n) is 5.19. The van der Waals surface area contributed by atoms with E-state index in [9.17, 15) is 4.79 Å². The van der Waals surface area contributed by atoms with Gasteiger partial charge in [-0.2, -0.15) is 0 Å². The van der Waals surface area contributed by atoms with Crippen LogP contribution in [-0.2, 0) is 24.4 Å². The highest BCUT2D eigenvalue weighted by Gasteiger charge is 2.31. The van der Waals surface area contributed by atoms with Crippen LogP contribution >= 0.6 is 12.2 Å². The van der Waals surface area contributed by atoms with Crippen LogP contribution in [0.4, 0.5) is 0 Å². The second kappa shape index (κ2) is 10.2. The Labute approximate surface area is 198 Å². The average Bonchev–Trinajstić information content (AvgIpc) is 3.43. The van der Waals surface area contributed by atoms with Crippen molar-refractivity contribution in [3.63, 3.8) is 0 Å². The minimum Gasteiger partial charge on any atom is -0.496 e. The molecule has 1 aliphatic heterocycles. The fourth-order valence-corrected chi connectivity index (χ4v) is 3.82. The van der Waals surface area contributed by atoms with Gasteiger partial charge in [0.05, 0.1) is 19.9 Å². The van der Waals surface area contributed by atoms with Crippen LogP contribution in [0.1, 0.15) is 22.5 Å². The molecule has 7 heteroatoms. The average molecular weight is 461 g/mol. The Balaban J connectivity index is 1.53. The van der Waals surface area contributed by atoms with Crippen molar-refractivity contribution in [1.29, 1.82) is 0 Å². The molecule has 3 aromatic rings. The Kier molecular flexibility index (Phi) is 6.90. The zero-order chi connectivity index (χ0) is 23.2. The quantitative estimate of drug-likeness (QED) is 0.280. The first kappa shape index (κ1) is 22.4. The molecule has 1 saturated heterocycles. The number of carbonyl (C=O) groups excluding carboxylic acids is 1. The van der Waals surface area contributed by atoms with E-state index in [1.807, 2.05) is 48.5 Å².